The average Bonchev–Trinajstić information content (AvgIpc) is 2.57. The number of nitrogens with one attached hydrogen (secondary N) is 1. The van der Waals surface area contributed by atoms with Crippen LogP contribution in [0.25, 0.3) is 0 Å². The molecule has 1 amide bonds. The standard InChI is InChI=1S/C19H22N2O3S/c1-4-13-21(25(23,24)17-11-9-15(2)10-12-17)14-19(22)20-18-8-6-5-7-16(18)3/h4-12H,1,13-14H2,2-3H3,(H,20,22). The van der Waals surface area contributed by atoms with Crippen LogP contribution in [0, 0.1) is 13.8 Å². The highest BCUT2D eigenvalue weighted by Crippen LogP contribution is 2.17. The average molecular weight is 358 g/mol. The number of rotatable bonds is 7. The molecule has 0 unspecified atom stereocenters. The zero-order chi connectivity index (χ0) is 18.4. The molecule has 0 heterocycles. The number of anilines is 1. The Balaban J connectivity index is 2.19. The smallest absolute Gasteiger partial charge is 0.243 e. The van der Waals surface area contributed by atoms with Gasteiger partial charge in [-0.05, 0) is 37.6 Å². The maximum Gasteiger partial charge on any atom is 0.243 e. The van der Waals surface area contributed by atoms with Gasteiger partial charge in [-0.2, -0.15) is 4.31 Å². The minimum absolute atomic E-state index is 0.0530. The summed E-state index contributed by atoms with van der Waals surface area (Å²) in [7, 11) is -3.78. The molecule has 0 spiro atoms. The van der Waals surface area contributed by atoms with Crippen LogP contribution in [0.2, 0.25) is 0 Å². The summed E-state index contributed by atoms with van der Waals surface area (Å²) in [5, 5.41) is 2.75. The number of sulfonamides is 1. The summed E-state index contributed by atoms with van der Waals surface area (Å²) in [5.74, 6) is -0.396. The second-order valence-electron chi connectivity index (χ2n) is 5.76. The zero-order valence-corrected chi connectivity index (χ0v) is 15.2. The fraction of sp³-hybridized carbons (Fsp3) is 0.211. The lowest BCUT2D eigenvalue weighted by Crippen LogP contribution is -2.38. The third kappa shape index (κ3) is 4.78. The lowest BCUT2D eigenvalue weighted by atomic mass is 10.2. The summed E-state index contributed by atoms with van der Waals surface area (Å²) in [6.45, 7) is 7.12. The molecule has 0 atom stereocenters. The SMILES string of the molecule is C=CCN(CC(=O)Nc1ccccc1C)S(=O)(=O)c1ccc(C)cc1. The molecule has 0 aromatic heterocycles. The van der Waals surface area contributed by atoms with Gasteiger partial charge in [0.15, 0.2) is 0 Å². The summed E-state index contributed by atoms with van der Waals surface area (Å²) in [4.78, 5) is 12.5. The molecule has 0 fully saturated rings. The van der Waals surface area contributed by atoms with E-state index in [0.717, 1.165) is 15.4 Å². The van der Waals surface area contributed by atoms with Crippen molar-refractivity contribution in [1.82, 2.24) is 4.31 Å². The monoisotopic (exact) mass is 358 g/mol. The van der Waals surface area contributed by atoms with E-state index >= 15 is 0 Å². The van der Waals surface area contributed by atoms with Gasteiger partial charge in [0, 0.05) is 12.2 Å². The molecule has 2 aromatic carbocycles. The van der Waals surface area contributed by atoms with Gasteiger partial charge in [0.2, 0.25) is 15.9 Å². The Morgan fingerprint density at radius 2 is 1.76 bits per heavy atom. The zero-order valence-electron chi connectivity index (χ0n) is 14.4. The van der Waals surface area contributed by atoms with E-state index < -0.39 is 15.9 Å². The normalized spacial score (nSPS) is 11.3. The van der Waals surface area contributed by atoms with Crippen molar-refractivity contribution >= 4 is 21.6 Å². The summed E-state index contributed by atoms with van der Waals surface area (Å²) < 4.78 is 26.7. The number of para-hydroxylation sites is 1. The maximum atomic E-state index is 12.8. The van der Waals surface area contributed by atoms with Gasteiger partial charge in [0.1, 0.15) is 0 Å². The van der Waals surface area contributed by atoms with E-state index in [1.807, 2.05) is 32.0 Å². The lowest BCUT2D eigenvalue weighted by molar-refractivity contribution is -0.116. The molecule has 2 aromatic rings. The number of aryl methyl sites for hydroxylation is 2. The lowest BCUT2D eigenvalue weighted by Gasteiger charge is -2.20. The summed E-state index contributed by atoms with van der Waals surface area (Å²) in [6.07, 6.45) is 1.47. The van der Waals surface area contributed by atoms with Gasteiger partial charge in [0.05, 0.1) is 11.4 Å². The molecular formula is C19H22N2O3S. The van der Waals surface area contributed by atoms with Crippen LogP contribution in [0.4, 0.5) is 5.69 Å². The van der Waals surface area contributed by atoms with Gasteiger partial charge in [-0.15, -0.1) is 6.58 Å². The highest BCUT2D eigenvalue weighted by molar-refractivity contribution is 7.89. The third-order valence-electron chi connectivity index (χ3n) is 3.73. The van der Waals surface area contributed by atoms with Crippen molar-refractivity contribution in [2.24, 2.45) is 0 Å². The summed E-state index contributed by atoms with van der Waals surface area (Å²) in [5.41, 5.74) is 2.54. The van der Waals surface area contributed by atoms with E-state index in [1.165, 1.54) is 6.08 Å². The van der Waals surface area contributed by atoms with Crippen molar-refractivity contribution in [2.75, 3.05) is 18.4 Å². The molecule has 0 saturated carbocycles. The van der Waals surface area contributed by atoms with Gasteiger partial charge in [-0.25, -0.2) is 8.42 Å². The predicted octanol–water partition coefficient (Wildman–Crippen LogP) is 3.12. The first kappa shape index (κ1) is 18.9. The van der Waals surface area contributed by atoms with Gasteiger partial charge in [-0.1, -0.05) is 42.0 Å². The molecular weight excluding hydrogens is 336 g/mol. The van der Waals surface area contributed by atoms with Crippen LogP contribution in [0.5, 0.6) is 0 Å². The molecule has 1 N–H and O–H groups in total. The summed E-state index contributed by atoms with van der Waals surface area (Å²) >= 11 is 0. The predicted molar refractivity (Wildman–Crippen MR) is 99.9 cm³/mol. The second-order valence-corrected chi connectivity index (χ2v) is 7.70. The van der Waals surface area contributed by atoms with E-state index in [4.69, 9.17) is 0 Å². The molecule has 2 rings (SSSR count). The Morgan fingerprint density at radius 1 is 1.12 bits per heavy atom. The Labute approximate surface area is 149 Å². The van der Waals surface area contributed by atoms with Gasteiger partial charge >= 0.3 is 0 Å². The Bertz CT molecular complexity index is 858. The first-order valence-corrected chi connectivity index (χ1v) is 9.32. The molecule has 0 saturated heterocycles. The molecule has 5 nitrogen and oxygen atoms in total. The number of carbonyl (C=O) groups excluding carboxylic acids is 1. The van der Waals surface area contributed by atoms with Crippen molar-refractivity contribution < 1.29 is 13.2 Å². The maximum absolute atomic E-state index is 12.8. The van der Waals surface area contributed by atoms with Gasteiger partial charge < -0.3 is 5.32 Å². The highest BCUT2D eigenvalue weighted by atomic mass is 32.2. The minimum Gasteiger partial charge on any atom is -0.325 e. The molecule has 6 heteroatoms. The van der Waals surface area contributed by atoms with Crippen molar-refractivity contribution in [2.45, 2.75) is 18.7 Å². The number of carbonyl (C=O) groups is 1. The second kappa shape index (κ2) is 8.09. The number of hydrogen-bond acceptors (Lipinski definition) is 3. The number of benzene rings is 2. The molecule has 0 aliphatic rings. The van der Waals surface area contributed by atoms with E-state index in [9.17, 15) is 13.2 Å². The van der Waals surface area contributed by atoms with Crippen molar-refractivity contribution in [3.63, 3.8) is 0 Å². The molecule has 0 aliphatic carbocycles. The van der Waals surface area contributed by atoms with Crippen molar-refractivity contribution in [3.05, 3.63) is 72.3 Å². The van der Waals surface area contributed by atoms with E-state index in [2.05, 4.69) is 11.9 Å². The van der Waals surface area contributed by atoms with Crippen LogP contribution < -0.4 is 5.32 Å². The van der Waals surface area contributed by atoms with Gasteiger partial charge in [-0.3, -0.25) is 4.79 Å². The third-order valence-corrected chi connectivity index (χ3v) is 5.56. The molecule has 0 bridgehead atoms. The van der Waals surface area contributed by atoms with Crippen LogP contribution in [0.1, 0.15) is 11.1 Å². The van der Waals surface area contributed by atoms with E-state index in [-0.39, 0.29) is 18.0 Å². The quantitative estimate of drug-likeness (QED) is 0.774. The van der Waals surface area contributed by atoms with Crippen molar-refractivity contribution in [1.29, 1.82) is 0 Å². The van der Waals surface area contributed by atoms with Gasteiger partial charge in [0.25, 0.3) is 0 Å². The Morgan fingerprint density at radius 3 is 2.36 bits per heavy atom. The van der Waals surface area contributed by atoms with E-state index in [1.54, 1.807) is 30.3 Å². The largest absolute Gasteiger partial charge is 0.325 e. The fourth-order valence-electron chi connectivity index (χ4n) is 2.31. The highest BCUT2D eigenvalue weighted by Gasteiger charge is 2.25. The fourth-order valence-corrected chi connectivity index (χ4v) is 3.68. The molecule has 25 heavy (non-hydrogen) atoms. The number of hydrogen-bond donors (Lipinski definition) is 1. The van der Waals surface area contributed by atoms with Crippen LogP contribution in [0.15, 0.2) is 66.1 Å². The topological polar surface area (TPSA) is 66.5 Å². The number of nitrogens with zero attached hydrogens (tertiary/aromatic N) is 1. The Kier molecular flexibility index (Phi) is 6.12. The van der Waals surface area contributed by atoms with Crippen LogP contribution in [0.3, 0.4) is 0 Å². The molecule has 132 valence electrons. The molecule has 0 radical (unpaired) electrons. The molecule has 0 aliphatic heterocycles. The van der Waals surface area contributed by atoms with Crippen LogP contribution >= 0.6 is 0 Å². The van der Waals surface area contributed by atoms with Crippen molar-refractivity contribution in [3.8, 4) is 0 Å². The first-order chi connectivity index (χ1) is 11.8. The number of amides is 1. The van der Waals surface area contributed by atoms with Crippen LogP contribution in [-0.2, 0) is 14.8 Å². The van der Waals surface area contributed by atoms with E-state index in [0.29, 0.717) is 5.69 Å². The Hall–Kier alpha value is -2.44. The van der Waals surface area contributed by atoms with Crippen LogP contribution in [-0.4, -0.2) is 31.7 Å². The first-order valence-electron chi connectivity index (χ1n) is 7.88. The summed E-state index contributed by atoms with van der Waals surface area (Å²) in [6, 6.07) is 13.9. The minimum atomic E-state index is -3.78.